The zero-order valence-electron chi connectivity index (χ0n) is 20.3. The molecule has 2 aromatic carbocycles. The van der Waals surface area contributed by atoms with E-state index in [-0.39, 0.29) is 34.5 Å². The summed E-state index contributed by atoms with van der Waals surface area (Å²) in [5, 5.41) is -0.301. The number of anilines is 1. The highest BCUT2D eigenvalue weighted by Gasteiger charge is 2.68. The van der Waals surface area contributed by atoms with Crippen molar-refractivity contribution in [2.75, 3.05) is 31.5 Å². The topological polar surface area (TPSA) is 58.6 Å². The van der Waals surface area contributed by atoms with Crippen LogP contribution in [0.1, 0.15) is 42.9 Å². The molecule has 1 heterocycles. The maximum Gasteiger partial charge on any atom is 0.235 e. The minimum absolute atomic E-state index is 0. The van der Waals surface area contributed by atoms with Gasteiger partial charge in [-0.1, -0.05) is 31.2 Å². The number of piperidine rings is 1. The van der Waals surface area contributed by atoms with E-state index in [2.05, 4.69) is 40.8 Å². The van der Waals surface area contributed by atoms with Crippen molar-refractivity contribution >= 4 is 28.1 Å². The summed E-state index contributed by atoms with van der Waals surface area (Å²) in [6.45, 7) is 4.87. The average molecular weight is 521 g/mol. The fourth-order valence-electron chi connectivity index (χ4n) is 7.02. The van der Waals surface area contributed by atoms with Crippen LogP contribution in [0.4, 0.5) is 10.1 Å². The monoisotopic (exact) mass is 520 g/mol. The van der Waals surface area contributed by atoms with E-state index in [1.165, 1.54) is 17.2 Å². The van der Waals surface area contributed by atoms with Crippen molar-refractivity contribution in [3.05, 3.63) is 65.0 Å². The third kappa shape index (κ3) is 4.08. The molecule has 0 spiro atoms. The van der Waals surface area contributed by atoms with Gasteiger partial charge in [0.2, 0.25) is 10.0 Å². The van der Waals surface area contributed by atoms with Gasteiger partial charge in [-0.25, -0.2) is 12.8 Å². The number of fused-ring (bicyclic) bond motifs is 2. The molecule has 3 aliphatic carbocycles. The first-order valence-electron chi connectivity index (χ1n) is 12.5. The molecule has 2 saturated carbocycles. The Morgan fingerprint density at radius 1 is 1.09 bits per heavy atom. The molecule has 8 heteroatoms. The van der Waals surface area contributed by atoms with Crippen LogP contribution in [0.15, 0.2) is 42.5 Å². The van der Waals surface area contributed by atoms with Gasteiger partial charge in [-0.05, 0) is 66.0 Å². The first-order valence-corrected chi connectivity index (χ1v) is 14.0. The molecular formula is C27H34ClFN2O3S. The van der Waals surface area contributed by atoms with E-state index < -0.39 is 10.0 Å². The molecule has 3 fully saturated rings. The molecule has 35 heavy (non-hydrogen) atoms. The summed E-state index contributed by atoms with van der Waals surface area (Å²) in [5.74, 6) is 0.553. The first kappa shape index (κ1) is 25.0. The molecule has 0 bridgehead atoms. The Labute approximate surface area is 213 Å². The Balaban J connectivity index is 0.00000253. The van der Waals surface area contributed by atoms with Gasteiger partial charge in [0.25, 0.3) is 0 Å². The third-order valence-electron chi connectivity index (χ3n) is 8.97. The van der Waals surface area contributed by atoms with Crippen molar-refractivity contribution in [1.29, 1.82) is 0 Å². The van der Waals surface area contributed by atoms with Crippen LogP contribution in [0.3, 0.4) is 0 Å². The second-order valence-corrected chi connectivity index (χ2v) is 12.8. The summed E-state index contributed by atoms with van der Waals surface area (Å²) >= 11 is 0. The van der Waals surface area contributed by atoms with Crippen molar-refractivity contribution in [2.45, 2.75) is 55.3 Å². The number of likely N-dealkylation sites (tertiary alicyclic amines) is 1. The van der Waals surface area contributed by atoms with Crippen molar-refractivity contribution in [3.63, 3.8) is 0 Å². The molecule has 0 amide bonds. The van der Waals surface area contributed by atoms with Crippen LogP contribution in [0, 0.1) is 17.7 Å². The Morgan fingerprint density at radius 3 is 2.26 bits per heavy atom. The summed E-state index contributed by atoms with van der Waals surface area (Å²) in [6, 6.07) is 13.3. The summed E-state index contributed by atoms with van der Waals surface area (Å²) in [7, 11) is -1.55. The van der Waals surface area contributed by atoms with Crippen LogP contribution in [0.25, 0.3) is 0 Å². The Morgan fingerprint density at radius 2 is 1.71 bits per heavy atom. The van der Waals surface area contributed by atoms with E-state index in [0.29, 0.717) is 35.9 Å². The van der Waals surface area contributed by atoms with Crippen molar-refractivity contribution < 1.29 is 17.5 Å². The molecule has 0 aromatic heterocycles. The highest BCUT2D eigenvalue weighted by molar-refractivity contribution is 7.93. The van der Waals surface area contributed by atoms with E-state index in [4.69, 9.17) is 4.74 Å². The predicted octanol–water partition coefficient (Wildman–Crippen LogP) is 4.55. The van der Waals surface area contributed by atoms with Crippen LogP contribution in [0.2, 0.25) is 0 Å². The number of nitrogens with zero attached hydrogens (tertiary/aromatic N) is 1. The van der Waals surface area contributed by atoms with Crippen molar-refractivity contribution in [1.82, 2.24) is 4.90 Å². The molecule has 5 nitrogen and oxygen atoms in total. The van der Waals surface area contributed by atoms with Crippen LogP contribution >= 0.6 is 12.4 Å². The molecule has 3 atom stereocenters. The van der Waals surface area contributed by atoms with Crippen LogP contribution in [0.5, 0.6) is 0 Å². The summed E-state index contributed by atoms with van der Waals surface area (Å²) in [5.41, 5.74) is 3.52. The van der Waals surface area contributed by atoms with Gasteiger partial charge in [-0.15, -0.1) is 12.4 Å². The quantitative estimate of drug-likeness (QED) is 0.555. The van der Waals surface area contributed by atoms with Gasteiger partial charge in [0, 0.05) is 50.7 Å². The number of ether oxygens (including phenoxy) is 1. The van der Waals surface area contributed by atoms with Gasteiger partial charge in [0.05, 0.1) is 10.9 Å². The fraction of sp³-hybridized carbons (Fsp3) is 0.556. The normalized spacial score (nSPS) is 28.8. The molecule has 1 saturated heterocycles. The largest absolute Gasteiger partial charge is 0.376 e. The van der Waals surface area contributed by atoms with Gasteiger partial charge in [-0.2, -0.15) is 0 Å². The number of sulfonamides is 1. The molecule has 1 unspecified atom stereocenters. The standard InChI is InChI=1S/C27H33FN2O3S.ClH/c1-3-27(22-12-20(8-11-25(22)28)29-34(31,32)21-9-10-21)23-15-30(16-24(23)27)17-26(33-2)13-18-6-4-5-7-19(18)14-26;/h4-8,11-12,21,23-24,29H,3,9-10,13-17H2,1-2H3;1H/t23-,24+,27?;. The zero-order valence-corrected chi connectivity index (χ0v) is 21.9. The third-order valence-corrected chi connectivity index (χ3v) is 10.8. The molecule has 4 aliphatic rings. The molecule has 0 radical (unpaired) electrons. The van der Waals surface area contributed by atoms with E-state index in [9.17, 15) is 8.42 Å². The summed E-state index contributed by atoms with van der Waals surface area (Å²) in [4.78, 5) is 2.50. The maximum absolute atomic E-state index is 15.1. The van der Waals surface area contributed by atoms with Crippen LogP contribution < -0.4 is 4.72 Å². The zero-order chi connectivity index (χ0) is 23.7. The number of hydrogen-bond acceptors (Lipinski definition) is 4. The number of hydrogen-bond donors (Lipinski definition) is 1. The Hall–Kier alpha value is -1.67. The number of rotatable bonds is 8. The summed E-state index contributed by atoms with van der Waals surface area (Å²) in [6.07, 6.45) is 4.13. The van der Waals surface area contributed by atoms with Gasteiger partial charge in [0.1, 0.15) is 5.82 Å². The van der Waals surface area contributed by atoms with Gasteiger partial charge >= 0.3 is 0 Å². The molecule has 1 aliphatic heterocycles. The lowest BCUT2D eigenvalue weighted by Crippen LogP contribution is -2.46. The lowest BCUT2D eigenvalue weighted by molar-refractivity contribution is -0.0277. The second-order valence-electron chi connectivity index (χ2n) is 10.9. The number of benzene rings is 2. The molecule has 6 rings (SSSR count). The SMILES string of the molecule is CCC1(c2cc(NS(=O)(=O)C3CC3)ccc2F)[C@@H]2CN(CC3(OC)Cc4ccccc4C3)C[C@@H]21.Cl. The predicted molar refractivity (Wildman–Crippen MR) is 138 cm³/mol. The number of nitrogens with one attached hydrogen (secondary N) is 1. The molecule has 190 valence electrons. The first-order chi connectivity index (χ1) is 16.3. The van der Waals surface area contributed by atoms with Gasteiger partial charge in [0.15, 0.2) is 0 Å². The second kappa shape index (κ2) is 8.72. The smallest absolute Gasteiger partial charge is 0.235 e. The summed E-state index contributed by atoms with van der Waals surface area (Å²) < 4.78 is 48.7. The Kier molecular flexibility index (Phi) is 6.23. The fourth-order valence-corrected chi connectivity index (χ4v) is 8.40. The van der Waals surface area contributed by atoms with E-state index in [0.717, 1.165) is 38.9 Å². The van der Waals surface area contributed by atoms with E-state index >= 15 is 4.39 Å². The van der Waals surface area contributed by atoms with Crippen LogP contribution in [-0.4, -0.2) is 50.9 Å². The van der Waals surface area contributed by atoms with Crippen LogP contribution in [-0.2, 0) is 33.0 Å². The molecular weight excluding hydrogens is 487 g/mol. The number of methoxy groups -OCH3 is 1. The highest BCUT2D eigenvalue weighted by Crippen LogP contribution is 2.66. The van der Waals surface area contributed by atoms with Gasteiger partial charge < -0.3 is 4.74 Å². The minimum atomic E-state index is -3.37. The average Bonchev–Trinajstić information content (AvgIpc) is 3.69. The Bertz CT molecular complexity index is 1200. The molecule has 1 N–H and O–H groups in total. The lowest BCUT2D eigenvalue weighted by Gasteiger charge is -2.35. The number of halogens is 2. The minimum Gasteiger partial charge on any atom is -0.376 e. The van der Waals surface area contributed by atoms with Crippen molar-refractivity contribution in [3.8, 4) is 0 Å². The molecule has 2 aromatic rings. The highest BCUT2D eigenvalue weighted by atomic mass is 35.5. The lowest BCUT2D eigenvalue weighted by atomic mass is 9.86. The maximum atomic E-state index is 15.1. The van der Waals surface area contributed by atoms with E-state index in [1.54, 1.807) is 12.1 Å². The van der Waals surface area contributed by atoms with Gasteiger partial charge in [-0.3, -0.25) is 9.62 Å². The van der Waals surface area contributed by atoms with Crippen molar-refractivity contribution in [2.24, 2.45) is 11.8 Å². The van der Waals surface area contributed by atoms with E-state index in [1.807, 2.05) is 7.11 Å².